The molecule has 0 aromatic carbocycles. The summed E-state index contributed by atoms with van der Waals surface area (Å²) < 4.78 is 0. The lowest BCUT2D eigenvalue weighted by atomic mass is 10.2. The van der Waals surface area contributed by atoms with Crippen LogP contribution in [0.4, 0.5) is 0 Å². The van der Waals surface area contributed by atoms with E-state index >= 15 is 0 Å². The molecule has 1 heterocycles. The number of unbranched alkanes of at least 4 members (excludes halogenated alkanes) is 3. The lowest BCUT2D eigenvalue weighted by Gasteiger charge is -2.10. The quantitative estimate of drug-likeness (QED) is 0.449. The fourth-order valence-corrected chi connectivity index (χ4v) is 1.82. The van der Waals surface area contributed by atoms with Crippen LogP contribution in [0.1, 0.15) is 45.4 Å². The zero-order chi connectivity index (χ0) is 9.36. The molecule has 1 saturated heterocycles. The molecule has 1 aliphatic rings. The van der Waals surface area contributed by atoms with Crippen LogP contribution >= 0.6 is 0 Å². The van der Waals surface area contributed by atoms with Crippen molar-refractivity contribution in [2.45, 2.75) is 45.4 Å². The van der Waals surface area contributed by atoms with Crippen LogP contribution in [0.25, 0.3) is 0 Å². The van der Waals surface area contributed by atoms with Gasteiger partial charge >= 0.3 is 0 Å². The Morgan fingerprint density at radius 2 is 1.85 bits per heavy atom. The Balaban J connectivity index is 1.91. The lowest BCUT2D eigenvalue weighted by molar-refractivity contribution is 0.377. The Morgan fingerprint density at radius 1 is 1.08 bits per heavy atom. The van der Waals surface area contributed by atoms with E-state index in [0.29, 0.717) is 0 Å². The van der Waals surface area contributed by atoms with E-state index < -0.39 is 0 Å². The number of likely N-dealkylation sites (tertiary alicyclic amines) is 1. The maximum absolute atomic E-state index is 2.54. The van der Waals surface area contributed by atoms with Gasteiger partial charge < -0.3 is 0 Å². The van der Waals surface area contributed by atoms with Crippen molar-refractivity contribution in [1.29, 1.82) is 0 Å². The number of allylic oxidation sites excluding steroid dienone is 1. The molecule has 0 bridgehead atoms. The van der Waals surface area contributed by atoms with Gasteiger partial charge in [-0.1, -0.05) is 31.9 Å². The Labute approximate surface area is 82.8 Å². The fraction of sp³-hybridized carbons (Fsp3) is 0.833. The molecule has 1 nitrogen and oxygen atoms in total. The molecule has 76 valence electrons. The first-order chi connectivity index (χ1) is 6.43. The third-order valence-electron chi connectivity index (χ3n) is 2.70. The molecule has 1 rings (SSSR count). The Bertz CT molecular complexity index is 134. The molecule has 0 N–H and O–H groups in total. The molecule has 1 aliphatic heterocycles. The predicted molar refractivity (Wildman–Crippen MR) is 59.0 cm³/mol. The minimum absolute atomic E-state index is 1.19. The van der Waals surface area contributed by atoms with Crippen LogP contribution in [-0.2, 0) is 0 Å². The Kier molecular flexibility index (Phi) is 5.92. The minimum atomic E-state index is 1.19. The van der Waals surface area contributed by atoms with Gasteiger partial charge in [0.05, 0.1) is 0 Å². The van der Waals surface area contributed by atoms with Crippen LogP contribution in [0.5, 0.6) is 0 Å². The van der Waals surface area contributed by atoms with Gasteiger partial charge in [-0.3, -0.25) is 4.90 Å². The van der Waals surface area contributed by atoms with E-state index in [1.54, 1.807) is 0 Å². The highest BCUT2D eigenvalue weighted by molar-refractivity contribution is 4.85. The first kappa shape index (κ1) is 10.8. The van der Waals surface area contributed by atoms with Gasteiger partial charge in [0.25, 0.3) is 0 Å². The maximum atomic E-state index is 2.54. The first-order valence-electron chi connectivity index (χ1n) is 5.81. The van der Waals surface area contributed by atoms with E-state index in [0.717, 1.165) is 0 Å². The van der Waals surface area contributed by atoms with Gasteiger partial charge in [-0.25, -0.2) is 0 Å². The molecule has 1 heteroatoms. The molecule has 0 unspecified atom stereocenters. The second kappa shape index (κ2) is 7.14. The molecule has 0 amide bonds. The molecular formula is C12H23N. The van der Waals surface area contributed by atoms with Crippen LogP contribution in [0.3, 0.4) is 0 Å². The minimum Gasteiger partial charge on any atom is -0.300 e. The highest BCUT2D eigenvalue weighted by Crippen LogP contribution is 2.06. The first-order valence-corrected chi connectivity index (χ1v) is 5.81. The third kappa shape index (κ3) is 5.09. The smallest absolute Gasteiger partial charge is 0.0163 e. The molecule has 1 fully saturated rings. The second-order valence-electron chi connectivity index (χ2n) is 3.97. The molecule has 0 atom stereocenters. The van der Waals surface area contributed by atoms with Crippen molar-refractivity contribution < 1.29 is 0 Å². The molecule has 0 aromatic rings. The van der Waals surface area contributed by atoms with Gasteiger partial charge in [0.1, 0.15) is 0 Å². The largest absolute Gasteiger partial charge is 0.300 e. The summed E-state index contributed by atoms with van der Waals surface area (Å²) in [6.45, 7) is 6.08. The zero-order valence-corrected chi connectivity index (χ0v) is 8.97. The summed E-state index contributed by atoms with van der Waals surface area (Å²) >= 11 is 0. The van der Waals surface area contributed by atoms with E-state index in [1.807, 2.05) is 0 Å². The van der Waals surface area contributed by atoms with Gasteiger partial charge in [-0.15, -0.1) is 0 Å². The van der Waals surface area contributed by atoms with Gasteiger partial charge in [0.15, 0.2) is 0 Å². The Morgan fingerprint density at radius 3 is 2.54 bits per heavy atom. The highest BCUT2D eigenvalue weighted by atomic mass is 15.1. The summed E-state index contributed by atoms with van der Waals surface area (Å²) in [5.74, 6) is 0. The van der Waals surface area contributed by atoms with Crippen molar-refractivity contribution in [3.05, 3.63) is 12.2 Å². The van der Waals surface area contributed by atoms with E-state index in [-0.39, 0.29) is 0 Å². The number of rotatable bonds is 6. The van der Waals surface area contributed by atoms with Crippen molar-refractivity contribution in [2.75, 3.05) is 19.6 Å². The topological polar surface area (TPSA) is 3.24 Å². The standard InChI is InChI=1S/C12H23N/c1-2-3-4-5-6-7-10-13-11-8-9-12-13/h6-7H,2-5,8-12H2,1H3/b7-6+. The number of hydrogen-bond acceptors (Lipinski definition) is 1. The summed E-state index contributed by atoms with van der Waals surface area (Å²) in [6, 6.07) is 0. The van der Waals surface area contributed by atoms with Gasteiger partial charge in [-0.05, 0) is 38.8 Å². The van der Waals surface area contributed by atoms with E-state index in [4.69, 9.17) is 0 Å². The maximum Gasteiger partial charge on any atom is 0.0163 e. The molecule has 0 spiro atoms. The third-order valence-corrected chi connectivity index (χ3v) is 2.70. The molecular weight excluding hydrogens is 158 g/mol. The molecule has 0 aliphatic carbocycles. The van der Waals surface area contributed by atoms with Crippen LogP contribution < -0.4 is 0 Å². The normalized spacial score (nSPS) is 18.8. The second-order valence-corrected chi connectivity index (χ2v) is 3.97. The monoisotopic (exact) mass is 181 g/mol. The average Bonchev–Trinajstić information content (AvgIpc) is 2.63. The van der Waals surface area contributed by atoms with Crippen LogP contribution in [-0.4, -0.2) is 24.5 Å². The highest BCUT2D eigenvalue weighted by Gasteiger charge is 2.08. The predicted octanol–water partition coefficient (Wildman–Crippen LogP) is 3.22. The van der Waals surface area contributed by atoms with Crippen LogP contribution in [0.2, 0.25) is 0 Å². The molecule has 13 heavy (non-hydrogen) atoms. The summed E-state index contributed by atoms with van der Waals surface area (Å²) in [6.07, 6.45) is 12.9. The van der Waals surface area contributed by atoms with Crippen molar-refractivity contribution in [3.63, 3.8) is 0 Å². The Hall–Kier alpha value is -0.300. The fourth-order valence-electron chi connectivity index (χ4n) is 1.82. The van der Waals surface area contributed by atoms with Crippen molar-refractivity contribution in [3.8, 4) is 0 Å². The van der Waals surface area contributed by atoms with Gasteiger partial charge in [0.2, 0.25) is 0 Å². The van der Waals surface area contributed by atoms with E-state index in [9.17, 15) is 0 Å². The summed E-state index contributed by atoms with van der Waals surface area (Å²) in [4.78, 5) is 2.54. The van der Waals surface area contributed by atoms with Crippen molar-refractivity contribution in [1.82, 2.24) is 4.90 Å². The van der Waals surface area contributed by atoms with Gasteiger partial charge in [-0.2, -0.15) is 0 Å². The van der Waals surface area contributed by atoms with Gasteiger partial charge in [0, 0.05) is 6.54 Å². The molecule has 0 saturated carbocycles. The summed E-state index contributed by atoms with van der Waals surface area (Å²) in [5.41, 5.74) is 0. The van der Waals surface area contributed by atoms with E-state index in [1.165, 1.54) is 58.2 Å². The van der Waals surface area contributed by atoms with E-state index in [2.05, 4.69) is 24.0 Å². The summed E-state index contributed by atoms with van der Waals surface area (Å²) in [7, 11) is 0. The van der Waals surface area contributed by atoms with Crippen molar-refractivity contribution in [2.24, 2.45) is 0 Å². The lowest BCUT2D eigenvalue weighted by Crippen LogP contribution is -2.18. The average molecular weight is 181 g/mol. The van der Waals surface area contributed by atoms with Crippen molar-refractivity contribution >= 4 is 0 Å². The molecule has 0 radical (unpaired) electrons. The number of nitrogens with zero attached hydrogens (tertiary/aromatic N) is 1. The van der Waals surface area contributed by atoms with Crippen LogP contribution in [0.15, 0.2) is 12.2 Å². The zero-order valence-electron chi connectivity index (χ0n) is 8.97. The number of hydrogen-bond donors (Lipinski definition) is 0. The summed E-state index contributed by atoms with van der Waals surface area (Å²) in [5, 5.41) is 0. The molecule has 0 aromatic heterocycles. The SMILES string of the molecule is CCCCC/C=C/CN1CCCC1. The van der Waals surface area contributed by atoms with Crippen LogP contribution in [0, 0.1) is 0 Å².